The van der Waals surface area contributed by atoms with Gasteiger partial charge in [0.15, 0.2) is 0 Å². The minimum Gasteiger partial charge on any atom is -0.481 e. The molecule has 0 aliphatic heterocycles. The first-order chi connectivity index (χ1) is 12.0. The molecule has 2 rings (SSSR count). The summed E-state index contributed by atoms with van der Waals surface area (Å²) in [4.78, 5) is 35.1. The van der Waals surface area contributed by atoms with E-state index < -0.39 is 17.8 Å². The van der Waals surface area contributed by atoms with Gasteiger partial charge in [-0.1, -0.05) is 15.9 Å². The number of aliphatic carboxylic acids is 1. The van der Waals surface area contributed by atoms with E-state index in [1.54, 1.807) is 36.4 Å². The third-order valence-electron chi connectivity index (χ3n) is 3.05. The molecule has 0 unspecified atom stereocenters. The first-order valence-electron chi connectivity index (χ1n) is 7.28. The number of rotatable bonds is 7. The lowest BCUT2D eigenvalue weighted by atomic mass is 10.2. The van der Waals surface area contributed by atoms with E-state index in [0.29, 0.717) is 11.3 Å². The molecule has 2 amide bonds. The normalized spacial score (nSPS) is 11.0. The maximum Gasteiger partial charge on any atom is 0.305 e. The van der Waals surface area contributed by atoms with Gasteiger partial charge in [0, 0.05) is 22.7 Å². The van der Waals surface area contributed by atoms with Crippen LogP contribution in [0.15, 0.2) is 57.2 Å². The van der Waals surface area contributed by atoms with Crippen LogP contribution >= 0.6 is 15.9 Å². The molecule has 130 valence electrons. The monoisotopic (exact) mass is 406 g/mol. The number of nitrogens with one attached hydrogen (secondary N) is 2. The van der Waals surface area contributed by atoms with E-state index in [1.807, 2.05) is 0 Å². The van der Waals surface area contributed by atoms with Crippen LogP contribution in [0.3, 0.4) is 0 Å². The van der Waals surface area contributed by atoms with Gasteiger partial charge in [-0.3, -0.25) is 14.4 Å². The number of carboxylic acids is 1. The summed E-state index contributed by atoms with van der Waals surface area (Å²) < 4.78 is 5.97. The summed E-state index contributed by atoms with van der Waals surface area (Å²) in [5.41, 5.74) is 0.320. The molecule has 1 aromatic carbocycles. The lowest BCUT2D eigenvalue weighted by Gasteiger charge is -2.10. The maximum atomic E-state index is 12.3. The Morgan fingerprint density at radius 2 is 1.88 bits per heavy atom. The number of carbonyl (C=O) groups excluding carboxylic acids is 2. The van der Waals surface area contributed by atoms with E-state index in [9.17, 15) is 14.4 Å². The van der Waals surface area contributed by atoms with Crippen LogP contribution in [-0.4, -0.2) is 29.4 Å². The number of furan rings is 1. The fraction of sp³-hybridized carbons (Fsp3) is 0.118. The number of hydrogen-bond donors (Lipinski definition) is 3. The largest absolute Gasteiger partial charge is 0.481 e. The fourth-order valence-electron chi connectivity index (χ4n) is 1.85. The fourth-order valence-corrected chi connectivity index (χ4v) is 2.11. The highest BCUT2D eigenvalue weighted by Crippen LogP contribution is 2.12. The summed E-state index contributed by atoms with van der Waals surface area (Å²) in [6.07, 6.45) is 2.58. The van der Waals surface area contributed by atoms with Crippen LogP contribution in [0, 0.1) is 0 Å². The van der Waals surface area contributed by atoms with Crippen LogP contribution in [0.2, 0.25) is 0 Å². The van der Waals surface area contributed by atoms with Gasteiger partial charge in [0.05, 0.1) is 12.7 Å². The van der Waals surface area contributed by atoms with Crippen LogP contribution < -0.4 is 10.6 Å². The van der Waals surface area contributed by atoms with Gasteiger partial charge in [0.2, 0.25) is 0 Å². The lowest BCUT2D eigenvalue weighted by molar-refractivity contribution is -0.136. The number of amides is 2. The second-order valence-corrected chi connectivity index (χ2v) is 5.85. The van der Waals surface area contributed by atoms with E-state index in [1.165, 1.54) is 12.3 Å². The average molecular weight is 407 g/mol. The first-order valence-corrected chi connectivity index (χ1v) is 8.07. The summed E-state index contributed by atoms with van der Waals surface area (Å²) in [6, 6.07) is 9.88. The maximum absolute atomic E-state index is 12.3. The summed E-state index contributed by atoms with van der Waals surface area (Å²) in [5, 5.41) is 13.6. The second-order valence-electron chi connectivity index (χ2n) is 4.93. The lowest BCUT2D eigenvalue weighted by Crippen LogP contribution is -2.35. The highest BCUT2D eigenvalue weighted by molar-refractivity contribution is 9.10. The quantitative estimate of drug-likeness (QED) is 0.611. The summed E-state index contributed by atoms with van der Waals surface area (Å²) >= 11 is 3.28. The second kappa shape index (κ2) is 8.84. The van der Waals surface area contributed by atoms with Crippen LogP contribution in [0.4, 0.5) is 0 Å². The molecule has 0 aliphatic carbocycles. The summed E-state index contributed by atoms with van der Waals surface area (Å²) in [6.45, 7) is -0.0577. The zero-order chi connectivity index (χ0) is 18.2. The first kappa shape index (κ1) is 18.5. The Morgan fingerprint density at radius 1 is 1.16 bits per heavy atom. The highest BCUT2D eigenvalue weighted by atomic mass is 79.9. The molecule has 0 spiro atoms. The predicted molar refractivity (Wildman–Crippen MR) is 93.6 cm³/mol. The molecular formula is C17H15BrN2O5. The van der Waals surface area contributed by atoms with Gasteiger partial charge in [-0.15, -0.1) is 0 Å². The summed E-state index contributed by atoms with van der Waals surface area (Å²) in [7, 11) is 0. The Hall–Kier alpha value is -2.87. The SMILES string of the molecule is O=C(O)CCNC(=O)C(=Cc1ccco1)NC(=O)c1ccc(Br)cc1. The van der Waals surface area contributed by atoms with Crippen molar-refractivity contribution in [2.45, 2.75) is 6.42 Å². The number of carbonyl (C=O) groups is 3. The van der Waals surface area contributed by atoms with Crippen LogP contribution in [0.5, 0.6) is 0 Å². The van der Waals surface area contributed by atoms with E-state index in [2.05, 4.69) is 26.6 Å². The molecule has 1 heterocycles. The van der Waals surface area contributed by atoms with Crippen LogP contribution in [-0.2, 0) is 9.59 Å². The van der Waals surface area contributed by atoms with Gasteiger partial charge in [-0.05, 0) is 36.4 Å². The molecule has 25 heavy (non-hydrogen) atoms. The van der Waals surface area contributed by atoms with E-state index in [-0.39, 0.29) is 18.7 Å². The van der Waals surface area contributed by atoms with Crippen molar-refractivity contribution < 1.29 is 23.9 Å². The standard InChI is InChI=1S/C17H15BrN2O5/c18-12-5-3-11(4-6-12)16(23)20-14(10-13-2-1-9-25-13)17(24)19-8-7-15(21)22/h1-6,9-10H,7-8H2,(H,19,24)(H,20,23)(H,21,22). The van der Waals surface area contributed by atoms with Crippen molar-refractivity contribution in [3.05, 3.63) is 64.2 Å². The molecule has 8 heteroatoms. The van der Waals surface area contributed by atoms with Crippen LogP contribution in [0.1, 0.15) is 22.5 Å². The van der Waals surface area contributed by atoms with E-state index in [0.717, 1.165) is 4.47 Å². The summed E-state index contributed by atoms with van der Waals surface area (Å²) in [5.74, 6) is -1.74. The number of hydrogen-bond acceptors (Lipinski definition) is 4. The molecule has 2 aromatic rings. The van der Waals surface area contributed by atoms with Crippen molar-refractivity contribution in [2.24, 2.45) is 0 Å². The zero-order valence-electron chi connectivity index (χ0n) is 13.0. The minimum atomic E-state index is -1.03. The molecule has 0 saturated heterocycles. The van der Waals surface area contributed by atoms with Gasteiger partial charge in [-0.25, -0.2) is 0 Å². The molecule has 0 aliphatic rings. The third-order valence-corrected chi connectivity index (χ3v) is 3.58. The average Bonchev–Trinajstić information content (AvgIpc) is 3.07. The topological polar surface area (TPSA) is 109 Å². The molecule has 0 fully saturated rings. The number of benzene rings is 1. The molecular weight excluding hydrogens is 392 g/mol. The molecule has 0 bridgehead atoms. The number of carboxylic acid groups (broad SMARTS) is 1. The van der Waals surface area contributed by atoms with Crippen LogP contribution in [0.25, 0.3) is 6.08 Å². The molecule has 7 nitrogen and oxygen atoms in total. The van der Waals surface area contributed by atoms with Crippen molar-refractivity contribution in [3.8, 4) is 0 Å². The molecule has 0 atom stereocenters. The van der Waals surface area contributed by atoms with Crippen molar-refractivity contribution in [1.82, 2.24) is 10.6 Å². The zero-order valence-corrected chi connectivity index (χ0v) is 14.6. The Labute approximate surface area is 151 Å². The molecule has 0 radical (unpaired) electrons. The van der Waals surface area contributed by atoms with Gasteiger partial charge in [0.1, 0.15) is 11.5 Å². The Kier molecular flexibility index (Phi) is 6.53. The Morgan fingerprint density at radius 3 is 2.48 bits per heavy atom. The van der Waals surface area contributed by atoms with Crippen molar-refractivity contribution in [1.29, 1.82) is 0 Å². The third kappa shape index (κ3) is 5.92. The minimum absolute atomic E-state index is 0.0479. The molecule has 3 N–H and O–H groups in total. The van der Waals surface area contributed by atoms with Gasteiger partial charge in [-0.2, -0.15) is 0 Å². The van der Waals surface area contributed by atoms with Crippen molar-refractivity contribution in [3.63, 3.8) is 0 Å². The predicted octanol–water partition coefficient (Wildman–Crippen LogP) is 2.40. The highest BCUT2D eigenvalue weighted by Gasteiger charge is 2.15. The van der Waals surface area contributed by atoms with E-state index in [4.69, 9.17) is 9.52 Å². The van der Waals surface area contributed by atoms with E-state index >= 15 is 0 Å². The number of halogens is 1. The van der Waals surface area contributed by atoms with Crippen molar-refractivity contribution >= 4 is 39.8 Å². The van der Waals surface area contributed by atoms with Gasteiger partial charge >= 0.3 is 5.97 Å². The Balaban J connectivity index is 2.14. The molecule has 0 saturated carbocycles. The van der Waals surface area contributed by atoms with Gasteiger partial charge < -0.3 is 20.2 Å². The smallest absolute Gasteiger partial charge is 0.305 e. The molecule has 1 aromatic heterocycles. The van der Waals surface area contributed by atoms with Crippen molar-refractivity contribution in [2.75, 3.05) is 6.54 Å². The Bertz CT molecular complexity index is 782. The van der Waals surface area contributed by atoms with Gasteiger partial charge in [0.25, 0.3) is 11.8 Å².